The minimum Gasteiger partial charge on any atom is -0.493 e. The van der Waals surface area contributed by atoms with Gasteiger partial charge in [-0.2, -0.15) is 0 Å². The fourth-order valence-electron chi connectivity index (χ4n) is 2.89. The minimum atomic E-state index is -1.03. The highest BCUT2D eigenvalue weighted by Crippen LogP contribution is 2.39. The van der Waals surface area contributed by atoms with Crippen LogP contribution in [-0.4, -0.2) is 61.2 Å². The number of carbonyl (C=O) groups excluding carboxylic acids is 2. The Morgan fingerprint density at radius 2 is 1.81 bits per heavy atom. The zero-order chi connectivity index (χ0) is 19.3. The van der Waals surface area contributed by atoms with E-state index in [1.807, 2.05) is 0 Å². The van der Waals surface area contributed by atoms with Crippen LogP contribution in [0.1, 0.15) is 29.6 Å². The van der Waals surface area contributed by atoms with Gasteiger partial charge in [0.15, 0.2) is 18.1 Å². The molecule has 0 spiro atoms. The molecule has 9 heteroatoms. The van der Waals surface area contributed by atoms with Crippen LogP contribution < -0.4 is 19.9 Å². The van der Waals surface area contributed by atoms with Gasteiger partial charge in [-0.05, 0) is 31.4 Å². The van der Waals surface area contributed by atoms with Crippen molar-refractivity contribution in [3.05, 3.63) is 17.7 Å². The van der Waals surface area contributed by atoms with E-state index in [-0.39, 0.29) is 29.4 Å². The summed E-state index contributed by atoms with van der Waals surface area (Å²) in [6.07, 6.45) is 1.91. The average molecular weight is 366 g/mol. The first-order valence-corrected chi connectivity index (χ1v) is 8.10. The van der Waals surface area contributed by atoms with E-state index in [0.29, 0.717) is 13.0 Å². The van der Waals surface area contributed by atoms with Crippen LogP contribution >= 0.6 is 0 Å². The van der Waals surface area contributed by atoms with E-state index in [9.17, 15) is 19.5 Å². The number of ether oxygens (including phenoxy) is 3. The number of carboxylic acid groups (broad SMARTS) is 1. The smallest absolute Gasteiger partial charge is 0.326 e. The molecule has 0 aromatic heterocycles. The molecule has 1 heterocycles. The molecule has 9 nitrogen and oxygen atoms in total. The van der Waals surface area contributed by atoms with E-state index in [2.05, 4.69) is 0 Å². The number of piperidine rings is 1. The van der Waals surface area contributed by atoms with Crippen LogP contribution in [0.4, 0.5) is 0 Å². The van der Waals surface area contributed by atoms with Gasteiger partial charge in [-0.3, -0.25) is 9.59 Å². The molecule has 2 rings (SSSR count). The first kappa shape index (κ1) is 19.4. The Morgan fingerprint density at radius 3 is 2.31 bits per heavy atom. The molecule has 0 unspecified atom stereocenters. The van der Waals surface area contributed by atoms with Gasteiger partial charge in [0.1, 0.15) is 6.04 Å². The number of likely N-dealkylation sites (tertiary alicyclic amines) is 1. The summed E-state index contributed by atoms with van der Waals surface area (Å²) in [5.41, 5.74) is 5.29. The van der Waals surface area contributed by atoms with Gasteiger partial charge in [-0.25, -0.2) is 4.79 Å². The lowest BCUT2D eigenvalue weighted by Gasteiger charge is -2.33. The number of hydrogen-bond donors (Lipinski definition) is 2. The Morgan fingerprint density at radius 1 is 1.19 bits per heavy atom. The minimum absolute atomic E-state index is 0.138. The second kappa shape index (κ2) is 8.41. The molecule has 1 fully saturated rings. The number of carbonyl (C=O) groups is 3. The van der Waals surface area contributed by atoms with Gasteiger partial charge in [-0.15, -0.1) is 0 Å². The number of primary amides is 1. The maximum absolute atomic E-state index is 12.9. The first-order chi connectivity index (χ1) is 12.4. The molecule has 0 saturated carbocycles. The first-order valence-electron chi connectivity index (χ1n) is 8.10. The normalized spacial score (nSPS) is 16.7. The van der Waals surface area contributed by atoms with E-state index < -0.39 is 23.8 Å². The lowest BCUT2D eigenvalue weighted by Crippen LogP contribution is -2.48. The van der Waals surface area contributed by atoms with Gasteiger partial charge in [0, 0.05) is 12.1 Å². The lowest BCUT2D eigenvalue weighted by atomic mass is 10.0. The van der Waals surface area contributed by atoms with Gasteiger partial charge < -0.3 is 30.0 Å². The molecule has 1 aromatic carbocycles. The van der Waals surface area contributed by atoms with Crippen molar-refractivity contribution < 1.29 is 33.7 Å². The van der Waals surface area contributed by atoms with Crippen molar-refractivity contribution in [3.63, 3.8) is 0 Å². The summed E-state index contributed by atoms with van der Waals surface area (Å²) >= 11 is 0. The van der Waals surface area contributed by atoms with Gasteiger partial charge in [0.05, 0.1) is 14.2 Å². The number of hydrogen-bond acceptors (Lipinski definition) is 6. The number of nitrogens with zero attached hydrogens (tertiary/aromatic N) is 1. The van der Waals surface area contributed by atoms with Crippen molar-refractivity contribution in [3.8, 4) is 17.2 Å². The summed E-state index contributed by atoms with van der Waals surface area (Å²) in [6.45, 7) is -0.0203. The van der Waals surface area contributed by atoms with Crippen molar-refractivity contribution in [2.45, 2.75) is 25.3 Å². The summed E-state index contributed by atoms with van der Waals surface area (Å²) in [7, 11) is 2.75. The van der Waals surface area contributed by atoms with E-state index in [1.165, 1.54) is 31.3 Å². The predicted octanol–water partition coefficient (Wildman–Crippen LogP) is 0.647. The fraction of sp³-hybridized carbons (Fsp3) is 0.471. The zero-order valence-corrected chi connectivity index (χ0v) is 14.7. The summed E-state index contributed by atoms with van der Waals surface area (Å²) in [5.74, 6) is -1.64. The average Bonchev–Trinajstić information content (AvgIpc) is 2.64. The molecule has 1 saturated heterocycles. The topological polar surface area (TPSA) is 128 Å². The Kier molecular flexibility index (Phi) is 6.26. The van der Waals surface area contributed by atoms with Crippen molar-refractivity contribution in [2.75, 3.05) is 27.4 Å². The maximum atomic E-state index is 12.9. The molecule has 1 aromatic rings. The summed E-state index contributed by atoms with van der Waals surface area (Å²) in [5, 5.41) is 9.37. The highest BCUT2D eigenvalue weighted by atomic mass is 16.5. The lowest BCUT2D eigenvalue weighted by molar-refractivity contribution is -0.143. The van der Waals surface area contributed by atoms with Gasteiger partial charge in [-0.1, -0.05) is 0 Å². The third-order valence-electron chi connectivity index (χ3n) is 4.12. The highest BCUT2D eigenvalue weighted by Gasteiger charge is 2.33. The van der Waals surface area contributed by atoms with Crippen LogP contribution in [0.3, 0.4) is 0 Å². The van der Waals surface area contributed by atoms with Gasteiger partial charge in [0.25, 0.3) is 11.8 Å². The third kappa shape index (κ3) is 4.16. The standard InChI is InChI=1S/C17H22N2O7/c1-24-12-7-10(8-13(25-2)15(12)26-9-14(18)20)16(21)19-6-4-3-5-11(19)17(22)23/h7-8,11H,3-6,9H2,1-2H3,(H2,18,20)(H,22,23)/t11-/m1/s1. The van der Waals surface area contributed by atoms with Crippen LogP contribution in [0, 0.1) is 0 Å². The molecule has 2 amide bonds. The number of methoxy groups -OCH3 is 2. The number of carboxylic acids is 1. The molecule has 1 aliphatic rings. The maximum Gasteiger partial charge on any atom is 0.326 e. The molecular formula is C17H22N2O7. The Hall–Kier alpha value is -2.97. The fourth-order valence-corrected chi connectivity index (χ4v) is 2.89. The van der Waals surface area contributed by atoms with Crippen molar-refractivity contribution >= 4 is 17.8 Å². The molecule has 0 radical (unpaired) electrons. The van der Waals surface area contributed by atoms with E-state index in [1.54, 1.807) is 0 Å². The van der Waals surface area contributed by atoms with E-state index >= 15 is 0 Å². The second-order valence-corrected chi connectivity index (χ2v) is 5.81. The Balaban J connectivity index is 2.37. The molecule has 0 aliphatic carbocycles. The number of benzene rings is 1. The quantitative estimate of drug-likeness (QED) is 0.725. The monoisotopic (exact) mass is 366 g/mol. The van der Waals surface area contributed by atoms with Crippen molar-refractivity contribution in [1.82, 2.24) is 4.90 Å². The van der Waals surface area contributed by atoms with E-state index in [0.717, 1.165) is 12.8 Å². The number of rotatable bonds is 7. The van der Waals surface area contributed by atoms with Crippen LogP contribution in [0.15, 0.2) is 12.1 Å². The van der Waals surface area contributed by atoms with Crippen LogP contribution in [0.2, 0.25) is 0 Å². The molecule has 3 N–H and O–H groups in total. The zero-order valence-electron chi connectivity index (χ0n) is 14.7. The number of aliphatic carboxylic acids is 1. The van der Waals surface area contributed by atoms with E-state index in [4.69, 9.17) is 19.9 Å². The van der Waals surface area contributed by atoms with Crippen molar-refractivity contribution in [2.24, 2.45) is 5.73 Å². The summed E-state index contributed by atoms with van der Waals surface area (Å²) < 4.78 is 15.8. The molecule has 1 atom stereocenters. The second-order valence-electron chi connectivity index (χ2n) is 5.81. The summed E-state index contributed by atoms with van der Waals surface area (Å²) in [6, 6.07) is 1.99. The molecule has 0 bridgehead atoms. The predicted molar refractivity (Wildman–Crippen MR) is 90.5 cm³/mol. The largest absolute Gasteiger partial charge is 0.493 e. The van der Waals surface area contributed by atoms with Gasteiger partial charge >= 0.3 is 5.97 Å². The van der Waals surface area contributed by atoms with Crippen LogP contribution in [-0.2, 0) is 9.59 Å². The summed E-state index contributed by atoms with van der Waals surface area (Å²) in [4.78, 5) is 36.6. The Labute approximate surface area is 150 Å². The number of nitrogens with two attached hydrogens (primary N) is 1. The van der Waals surface area contributed by atoms with Crippen LogP contribution in [0.5, 0.6) is 17.2 Å². The molecular weight excluding hydrogens is 344 g/mol. The SMILES string of the molecule is COc1cc(C(=O)N2CCCC[C@@H]2C(=O)O)cc(OC)c1OCC(N)=O. The number of amides is 2. The third-order valence-corrected chi connectivity index (χ3v) is 4.12. The van der Waals surface area contributed by atoms with Gasteiger partial charge in [0.2, 0.25) is 5.75 Å². The molecule has 142 valence electrons. The van der Waals surface area contributed by atoms with Crippen LogP contribution in [0.25, 0.3) is 0 Å². The molecule has 26 heavy (non-hydrogen) atoms. The highest BCUT2D eigenvalue weighted by molar-refractivity contribution is 5.98. The Bertz CT molecular complexity index is 679. The molecule has 1 aliphatic heterocycles. The van der Waals surface area contributed by atoms with Crippen molar-refractivity contribution in [1.29, 1.82) is 0 Å².